The predicted octanol–water partition coefficient (Wildman–Crippen LogP) is 2.55. The van der Waals surface area contributed by atoms with E-state index in [1.165, 1.54) is 5.56 Å². The number of benzene rings is 1. The maximum absolute atomic E-state index is 11.9. The molecule has 5 nitrogen and oxygen atoms in total. The topological polar surface area (TPSA) is 74.8 Å². The molecule has 0 spiro atoms. The Bertz CT molecular complexity index is 649. The number of nitrogens with zero attached hydrogens (tertiary/aromatic N) is 1. The van der Waals surface area contributed by atoms with Crippen molar-refractivity contribution in [2.75, 3.05) is 5.75 Å². The van der Waals surface area contributed by atoms with Gasteiger partial charge in [0.2, 0.25) is 10.0 Å². The molecular weight excluding hydrogens is 298 g/mol. The molecule has 2 rings (SSSR count). The van der Waals surface area contributed by atoms with Gasteiger partial charge in [-0.25, -0.2) is 18.1 Å². The van der Waals surface area contributed by atoms with Crippen molar-refractivity contribution in [2.24, 2.45) is 0 Å². The van der Waals surface area contributed by atoms with Crippen LogP contribution in [0.1, 0.15) is 36.1 Å². The van der Waals surface area contributed by atoms with Gasteiger partial charge in [-0.2, -0.15) is 0 Å². The maximum Gasteiger partial charge on any atom is 0.211 e. The lowest BCUT2D eigenvalue weighted by Gasteiger charge is -2.07. The fraction of sp³-hybridized carbons (Fsp3) is 0.438. The Morgan fingerprint density at radius 1 is 1.14 bits per heavy atom. The first kappa shape index (κ1) is 16.7. The summed E-state index contributed by atoms with van der Waals surface area (Å²) in [5, 5.41) is 0. The van der Waals surface area contributed by atoms with E-state index in [4.69, 9.17) is 0 Å². The molecule has 0 fully saturated rings. The van der Waals surface area contributed by atoms with E-state index in [0.717, 1.165) is 30.5 Å². The highest BCUT2D eigenvalue weighted by Crippen LogP contribution is 2.06. The SMILES string of the molecule is Cc1ccc(CNS(=O)(=O)CCCCCc2c[nH]cn2)cc1. The summed E-state index contributed by atoms with van der Waals surface area (Å²) in [6, 6.07) is 7.86. The molecule has 2 N–H and O–H groups in total. The molecule has 0 saturated heterocycles. The summed E-state index contributed by atoms with van der Waals surface area (Å²) in [4.78, 5) is 7.06. The molecule has 2 aromatic rings. The zero-order valence-corrected chi connectivity index (χ0v) is 13.7. The van der Waals surface area contributed by atoms with Crippen molar-refractivity contribution in [3.63, 3.8) is 0 Å². The fourth-order valence-electron chi connectivity index (χ4n) is 2.17. The number of imidazole rings is 1. The van der Waals surface area contributed by atoms with Gasteiger partial charge in [-0.05, 0) is 31.7 Å². The molecule has 0 amide bonds. The molecule has 0 aliphatic rings. The van der Waals surface area contributed by atoms with Crippen molar-refractivity contribution in [1.29, 1.82) is 0 Å². The van der Waals surface area contributed by atoms with E-state index >= 15 is 0 Å². The smallest absolute Gasteiger partial charge is 0.211 e. The van der Waals surface area contributed by atoms with Gasteiger partial charge in [-0.3, -0.25) is 0 Å². The molecule has 22 heavy (non-hydrogen) atoms. The number of aryl methyl sites for hydroxylation is 2. The molecule has 1 aromatic carbocycles. The van der Waals surface area contributed by atoms with Gasteiger partial charge in [0.05, 0.1) is 17.8 Å². The number of rotatable bonds is 9. The number of unbranched alkanes of at least 4 members (excludes halogenated alkanes) is 2. The highest BCUT2D eigenvalue weighted by molar-refractivity contribution is 7.89. The third-order valence-electron chi connectivity index (χ3n) is 3.52. The second-order valence-corrected chi connectivity index (χ2v) is 7.42. The number of aromatic nitrogens is 2. The summed E-state index contributed by atoms with van der Waals surface area (Å²) in [6.07, 6.45) is 6.94. The number of hydrogen-bond donors (Lipinski definition) is 2. The zero-order valence-electron chi connectivity index (χ0n) is 12.9. The summed E-state index contributed by atoms with van der Waals surface area (Å²) in [6.45, 7) is 2.37. The highest BCUT2D eigenvalue weighted by Gasteiger charge is 2.09. The second kappa shape index (κ2) is 8.10. The molecule has 0 radical (unpaired) electrons. The molecule has 1 heterocycles. The molecule has 120 valence electrons. The van der Waals surface area contributed by atoms with Crippen LogP contribution in [0.15, 0.2) is 36.8 Å². The highest BCUT2D eigenvalue weighted by atomic mass is 32.2. The van der Waals surface area contributed by atoms with Gasteiger partial charge in [-0.15, -0.1) is 0 Å². The lowest BCUT2D eigenvalue weighted by Crippen LogP contribution is -2.25. The van der Waals surface area contributed by atoms with Crippen molar-refractivity contribution in [3.05, 3.63) is 53.6 Å². The van der Waals surface area contributed by atoms with Crippen LogP contribution in [0.5, 0.6) is 0 Å². The van der Waals surface area contributed by atoms with E-state index in [-0.39, 0.29) is 5.75 Å². The van der Waals surface area contributed by atoms with E-state index in [1.54, 1.807) is 6.33 Å². The minimum atomic E-state index is -3.20. The first-order valence-corrected chi connectivity index (χ1v) is 9.21. The van der Waals surface area contributed by atoms with E-state index < -0.39 is 10.0 Å². The van der Waals surface area contributed by atoms with Crippen LogP contribution in [0.4, 0.5) is 0 Å². The van der Waals surface area contributed by atoms with Gasteiger partial charge in [0.15, 0.2) is 0 Å². The van der Waals surface area contributed by atoms with Crippen molar-refractivity contribution in [1.82, 2.24) is 14.7 Å². The Morgan fingerprint density at radius 3 is 2.59 bits per heavy atom. The first-order valence-electron chi connectivity index (χ1n) is 7.56. The van der Waals surface area contributed by atoms with Crippen LogP contribution in [0.25, 0.3) is 0 Å². The van der Waals surface area contributed by atoms with E-state index in [1.807, 2.05) is 37.4 Å². The lowest BCUT2D eigenvalue weighted by atomic mass is 10.2. The van der Waals surface area contributed by atoms with Crippen molar-refractivity contribution >= 4 is 10.0 Å². The van der Waals surface area contributed by atoms with Crippen molar-refractivity contribution in [2.45, 2.75) is 39.2 Å². The molecule has 0 aliphatic heterocycles. The average Bonchev–Trinajstić information content (AvgIpc) is 3.00. The molecule has 0 aliphatic carbocycles. The molecule has 0 bridgehead atoms. The second-order valence-electron chi connectivity index (χ2n) is 5.50. The summed E-state index contributed by atoms with van der Waals surface area (Å²) < 4.78 is 26.5. The maximum atomic E-state index is 11.9. The molecule has 1 aromatic heterocycles. The summed E-state index contributed by atoms with van der Waals surface area (Å²) >= 11 is 0. The molecule has 6 heteroatoms. The van der Waals surface area contributed by atoms with Crippen LogP contribution >= 0.6 is 0 Å². The summed E-state index contributed by atoms with van der Waals surface area (Å²) in [5.41, 5.74) is 3.18. The quantitative estimate of drug-likeness (QED) is 0.697. The van der Waals surface area contributed by atoms with Gasteiger partial charge in [0.25, 0.3) is 0 Å². The standard InChI is InChI=1S/C16H23N3O2S/c1-14-6-8-15(9-7-14)11-19-22(20,21)10-4-2-3-5-16-12-17-13-18-16/h6-9,12-13,19H,2-5,10-11H2,1H3,(H,17,18). The number of nitrogens with one attached hydrogen (secondary N) is 2. The van der Waals surface area contributed by atoms with E-state index in [9.17, 15) is 8.42 Å². The van der Waals surface area contributed by atoms with Gasteiger partial charge in [0.1, 0.15) is 0 Å². The van der Waals surface area contributed by atoms with Crippen molar-refractivity contribution in [3.8, 4) is 0 Å². The minimum absolute atomic E-state index is 0.180. The van der Waals surface area contributed by atoms with Crippen LogP contribution < -0.4 is 4.72 Å². The Hall–Kier alpha value is -1.66. The van der Waals surface area contributed by atoms with Crippen LogP contribution in [0, 0.1) is 6.92 Å². The minimum Gasteiger partial charge on any atom is -0.351 e. The Morgan fingerprint density at radius 2 is 1.91 bits per heavy atom. The predicted molar refractivity (Wildman–Crippen MR) is 87.9 cm³/mol. The van der Waals surface area contributed by atoms with Crippen LogP contribution in [0.3, 0.4) is 0 Å². The lowest BCUT2D eigenvalue weighted by molar-refractivity contribution is 0.575. The third kappa shape index (κ3) is 5.99. The van der Waals surface area contributed by atoms with Crippen LogP contribution in [-0.2, 0) is 23.0 Å². The van der Waals surface area contributed by atoms with E-state index in [2.05, 4.69) is 14.7 Å². The monoisotopic (exact) mass is 321 g/mol. The molecule has 0 atom stereocenters. The third-order valence-corrected chi connectivity index (χ3v) is 4.93. The average molecular weight is 321 g/mol. The fourth-order valence-corrected chi connectivity index (χ4v) is 3.29. The Labute approximate surface area is 132 Å². The normalized spacial score (nSPS) is 11.7. The number of sulfonamides is 1. The van der Waals surface area contributed by atoms with Gasteiger partial charge >= 0.3 is 0 Å². The number of hydrogen-bond acceptors (Lipinski definition) is 3. The Balaban J connectivity index is 1.64. The molecule has 0 unspecified atom stereocenters. The zero-order chi connectivity index (χ0) is 15.8. The number of H-pyrrole nitrogens is 1. The largest absolute Gasteiger partial charge is 0.351 e. The van der Waals surface area contributed by atoms with Gasteiger partial charge < -0.3 is 4.98 Å². The summed E-state index contributed by atoms with van der Waals surface area (Å²) in [7, 11) is -3.20. The molecular formula is C16H23N3O2S. The van der Waals surface area contributed by atoms with Crippen LogP contribution in [0.2, 0.25) is 0 Å². The number of aromatic amines is 1. The van der Waals surface area contributed by atoms with Gasteiger partial charge in [0, 0.05) is 12.7 Å². The van der Waals surface area contributed by atoms with Crippen molar-refractivity contribution < 1.29 is 8.42 Å². The van der Waals surface area contributed by atoms with Gasteiger partial charge in [-0.1, -0.05) is 36.2 Å². The molecule has 0 saturated carbocycles. The van der Waals surface area contributed by atoms with Crippen LogP contribution in [-0.4, -0.2) is 24.1 Å². The van der Waals surface area contributed by atoms with E-state index in [0.29, 0.717) is 13.0 Å². The Kier molecular flexibility index (Phi) is 6.15. The summed E-state index contributed by atoms with van der Waals surface area (Å²) in [5.74, 6) is 0.180. The first-order chi connectivity index (χ1) is 10.6.